The molecule has 20 heavy (non-hydrogen) atoms. The summed E-state index contributed by atoms with van der Waals surface area (Å²) < 4.78 is 10.9. The van der Waals surface area contributed by atoms with Crippen molar-refractivity contribution in [3.8, 4) is 22.6 Å². The van der Waals surface area contributed by atoms with Crippen LogP contribution in [0.3, 0.4) is 0 Å². The lowest BCUT2D eigenvalue weighted by molar-refractivity contribution is 0.410. The Balaban J connectivity index is 2.60. The Morgan fingerprint density at radius 3 is 2.15 bits per heavy atom. The van der Waals surface area contributed by atoms with Crippen LogP contribution in [0.1, 0.15) is 5.56 Å². The highest BCUT2D eigenvalue weighted by Gasteiger charge is 2.12. The molecule has 2 aromatic rings. The summed E-state index contributed by atoms with van der Waals surface area (Å²) in [5, 5.41) is 0.659. The third-order valence-corrected chi connectivity index (χ3v) is 3.38. The summed E-state index contributed by atoms with van der Waals surface area (Å²) in [7, 11) is 3.29. The molecule has 0 spiro atoms. The largest absolute Gasteiger partial charge is 0.496 e. The zero-order valence-corrected chi connectivity index (χ0v) is 12.4. The van der Waals surface area contributed by atoms with E-state index >= 15 is 0 Å². The summed E-state index contributed by atoms with van der Waals surface area (Å²) in [6.07, 6.45) is 0.819. The van der Waals surface area contributed by atoms with Gasteiger partial charge in [-0.05, 0) is 48.9 Å². The van der Waals surface area contributed by atoms with E-state index in [4.69, 9.17) is 26.8 Å². The van der Waals surface area contributed by atoms with Crippen LogP contribution in [-0.4, -0.2) is 20.8 Å². The molecule has 0 bridgehead atoms. The van der Waals surface area contributed by atoms with Gasteiger partial charge in [-0.2, -0.15) is 0 Å². The summed E-state index contributed by atoms with van der Waals surface area (Å²) in [5.74, 6) is 1.55. The van der Waals surface area contributed by atoms with Crippen molar-refractivity contribution < 1.29 is 9.47 Å². The second-order valence-electron chi connectivity index (χ2n) is 4.42. The van der Waals surface area contributed by atoms with Crippen molar-refractivity contribution in [1.82, 2.24) is 0 Å². The van der Waals surface area contributed by atoms with Gasteiger partial charge >= 0.3 is 0 Å². The Hall–Kier alpha value is -1.71. The fourth-order valence-electron chi connectivity index (χ4n) is 2.18. The lowest BCUT2D eigenvalue weighted by atomic mass is 9.99. The Morgan fingerprint density at radius 1 is 0.950 bits per heavy atom. The Labute approximate surface area is 124 Å². The van der Waals surface area contributed by atoms with Crippen LogP contribution in [0.15, 0.2) is 36.4 Å². The molecule has 0 heterocycles. The van der Waals surface area contributed by atoms with Crippen molar-refractivity contribution in [2.75, 3.05) is 20.8 Å². The molecule has 0 aliphatic heterocycles. The first-order valence-corrected chi connectivity index (χ1v) is 6.78. The highest BCUT2D eigenvalue weighted by Crippen LogP contribution is 2.38. The van der Waals surface area contributed by atoms with E-state index in [2.05, 4.69) is 6.07 Å². The van der Waals surface area contributed by atoms with Gasteiger partial charge in [-0.25, -0.2) is 0 Å². The minimum atomic E-state index is 0.610. The van der Waals surface area contributed by atoms with E-state index in [0.717, 1.165) is 34.6 Å². The van der Waals surface area contributed by atoms with Crippen LogP contribution >= 0.6 is 11.6 Å². The van der Waals surface area contributed by atoms with E-state index < -0.39 is 0 Å². The average Bonchev–Trinajstić information content (AvgIpc) is 2.47. The van der Waals surface area contributed by atoms with Gasteiger partial charge in [0.15, 0.2) is 0 Å². The fourth-order valence-corrected chi connectivity index (χ4v) is 2.35. The highest BCUT2D eigenvalue weighted by atomic mass is 35.5. The van der Waals surface area contributed by atoms with Gasteiger partial charge in [-0.3, -0.25) is 0 Å². The standard InChI is InChI=1S/C16H18ClNO2/c1-19-15-5-3-11(7-8-18)9-13(15)14-10-12(17)4-6-16(14)20-2/h3-6,9-10H,7-8,18H2,1-2H3. The molecular formula is C16H18ClNO2. The summed E-state index contributed by atoms with van der Waals surface area (Å²) in [6.45, 7) is 0.610. The average molecular weight is 292 g/mol. The fraction of sp³-hybridized carbons (Fsp3) is 0.250. The second-order valence-corrected chi connectivity index (χ2v) is 4.85. The summed E-state index contributed by atoms with van der Waals surface area (Å²) in [6, 6.07) is 11.6. The molecular weight excluding hydrogens is 274 g/mol. The van der Waals surface area contributed by atoms with Crippen molar-refractivity contribution in [1.29, 1.82) is 0 Å². The van der Waals surface area contributed by atoms with Gasteiger partial charge in [0, 0.05) is 16.1 Å². The van der Waals surface area contributed by atoms with Crippen molar-refractivity contribution in [3.05, 3.63) is 47.0 Å². The van der Waals surface area contributed by atoms with Crippen molar-refractivity contribution >= 4 is 11.6 Å². The highest BCUT2D eigenvalue weighted by molar-refractivity contribution is 6.31. The summed E-state index contributed by atoms with van der Waals surface area (Å²) in [5.41, 5.74) is 8.65. The van der Waals surface area contributed by atoms with Gasteiger partial charge < -0.3 is 15.2 Å². The van der Waals surface area contributed by atoms with E-state index in [1.807, 2.05) is 24.3 Å². The minimum absolute atomic E-state index is 0.610. The second kappa shape index (κ2) is 6.64. The van der Waals surface area contributed by atoms with Crippen LogP contribution in [-0.2, 0) is 6.42 Å². The maximum Gasteiger partial charge on any atom is 0.126 e. The van der Waals surface area contributed by atoms with Gasteiger partial charge in [0.2, 0.25) is 0 Å². The molecule has 3 nitrogen and oxygen atoms in total. The Kier molecular flexibility index (Phi) is 4.88. The molecule has 0 saturated carbocycles. The molecule has 0 unspecified atom stereocenters. The third-order valence-electron chi connectivity index (χ3n) is 3.15. The monoisotopic (exact) mass is 291 g/mol. The third kappa shape index (κ3) is 3.06. The quantitative estimate of drug-likeness (QED) is 0.916. The van der Waals surface area contributed by atoms with E-state index in [0.29, 0.717) is 11.6 Å². The predicted octanol–water partition coefficient (Wildman–Crippen LogP) is 3.53. The molecule has 106 valence electrons. The van der Waals surface area contributed by atoms with Crippen molar-refractivity contribution in [3.63, 3.8) is 0 Å². The maximum absolute atomic E-state index is 6.10. The molecule has 0 aromatic heterocycles. The first-order valence-electron chi connectivity index (χ1n) is 6.40. The van der Waals surface area contributed by atoms with E-state index in [-0.39, 0.29) is 0 Å². The number of methoxy groups -OCH3 is 2. The molecule has 0 amide bonds. The van der Waals surface area contributed by atoms with Crippen LogP contribution < -0.4 is 15.2 Å². The van der Waals surface area contributed by atoms with Crippen LogP contribution in [0.2, 0.25) is 5.02 Å². The molecule has 0 atom stereocenters. The van der Waals surface area contributed by atoms with Gasteiger partial charge in [0.25, 0.3) is 0 Å². The smallest absolute Gasteiger partial charge is 0.126 e. The molecule has 0 aliphatic carbocycles. The van der Waals surface area contributed by atoms with Gasteiger partial charge in [-0.15, -0.1) is 0 Å². The predicted molar refractivity (Wildman–Crippen MR) is 82.8 cm³/mol. The van der Waals surface area contributed by atoms with Crippen LogP contribution in [0, 0.1) is 0 Å². The first kappa shape index (κ1) is 14.7. The molecule has 2 rings (SSSR count). The number of ether oxygens (including phenoxy) is 2. The number of rotatable bonds is 5. The Bertz CT molecular complexity index is 599. The van der Waals surface area contributed by atoms with Gasteiger partial charge in [-0.1, -0.05) is 17.7 Å². The zero-order chi connectivity index (χ0) is 14.5. The molecule has 2 N–H and O–H groups in total. The van der Waals surface area contributed by atoms with Crippen LogP contribution in [0.4, 0.5) is 0 Å². The van der Waals surface area contributed by atoms with E-state index in [1.54, 1.807) is 20.3 Å². The summed E-state index contributed by atoms with van der Waals surface area (Å²) in [4.78, 5) is 0. The number of benzene rings is 2. The molecule has 0 radical (unpaired) electrons. The number of halogens is 1. The molecule has 0 fully saturated rings. The van der Waals surface area contributed by atoms with Crippen molar-refractivity contribution in [2.24, 2.45) is 5.73 Å². The van der Waals surface area contributed by atoms with E-state index in [9.17, 15) is 0 Å². The maximum atomic E-state index is 6.10. The molecule has 2 aromatic carbocycles. The first-order chi connectivity index (χ1) is 9.69. The lowest BCUT2D eigenvalue weighted by Crippen LogP contribution is -2.03. The van der Waals surface area contributed by atoms with E-state index in [1.165, 1.54) is 0 Å². The van der Waals surface area contributed by atoms with Gasteiger partial charge in [0.1, 0.15) is 11.5 Å². The zero-order valence-electron chi connectivity index (χ0n) is 11.7. The van der Waals surface area contributed by atoms with Gasteiger partial charge in [0.05, 0.1) is 14.2 Å². The summed E-state index contributed by atoms with van der Waals surface area (Å²) >= 11 is 6.10. The topological polar surface area (TPSA) is 44.5 Å². The minimum Gasteiger partial charge on any atom is -0.496 e. The van der Waals surface area contributed by atoms with Crippen LogP contribution in [0.25, 0.3) is 11.1 Å². The number of hydrogen-bond donors (Lipinski definition) is 1. The SMILES string of the molecule is COc1ccc(Cl)cc1-c1cc(CCN)ccc1OC. The number of nitrogens with two attached hydrogens (primary N) is 1. The van der Waals surface area contributed by atoms with Crippen LogP contribution in [0.5, 0.6) is 11.5 Å². The Morgan fingerprint density at radius 2 is 1.55 bits per heavy atom. The molecule has 4 heteroatoms. The lowest BCUT2D eigenvalue weighted by Gasteiger charge is -2.14. The molecule has 0 saturated heterocycles. The normalized spacial score (nSPS) is 10.4. The van der Waals surface area contributed by atoms with Crippen molar-refractivity contribution in [2.45, 2.75) is 6.42 Å². The number of hydrogen-bond acceptors (Lipinski definition) is 3. The molecule has 0 aliphatic rings.